The molecular weight excluding hydrogens is 198 g/mol. The van der Waals surface area contributed by atoms with Crippen LogP contribution >= 0.6 is 0 Å². The second-order valence-electron chi connectivity index (χ2n) is 3.92. The van der Waals surface area contributed by atoms with Crippen LogP contribution in [0, 0.1) is 0 Å². The average molecular weight is 215 g/mol. The third-order valence-corrected chi connectivity index (χ3v) is 2.71. The molecule has 0 fully saturated rings. The van der Waals surface area contributed by atoms with Gasteiger partial charge in [0.2, 0.25) is 0 Å². The van der Waals surface area contributed by atoms with E-state index < -0.39 is 0 Å². The van der Waals surface area contributed by atoms with Gasteiger partial charge in [0.25, 0.3) is 0 Å². The summed E-state index contributed by atoms with van der Waals surface area (Å²) in [5.41, 5.74) is 5.52. The van der Waals surface area contributed by atoms with Crippen molar-refractivity contribution >= 4 is 16.6 Å². The maximum atomic E-state index is 5.52. The Labute approximate surface area is 95.9 Å². The summed E-state index contributed by atoms with van der Waals surface area (Å²) in [4.78, 5) is 6.61. The number of nitrogens with two attached hydrogens (primary N) is 1. The largest absolute Gasteiger partial charge is 0.359 e. The smallest absolute Gasteiger partial charge is 0.136 e. The van der Waals surface area contributed by atoms with Crippen LogP contribution in [0.4, 0.5) is 5.82 Å². The van der Waals surface area contributed by atoms with Crippen molar-refractivity contribution in [3.63, 3.8) is 0 Å². The van der Waals surface area contributed by atoms with Gasteiger partial charge in [-0.15, -0.1) is 0 Å². The lowest BCUT2D eigenvalue weighted by Crippen LogP contribution is -2.22. The minimum atomic E-state index is 0.717. The molecule has 0 amide bonds. The minimum absolute atomic E-state index is 0.717. The van der Waals surface area contributed by atoms with Crippen molar-refractivity contribution in [2.24, 2.45) is 5.73 Å². The van der Waals surface area contributed by atoms with E-state index in [1.165, 1.54) is 10.8 Å². The number of pyridine rings is 1. The Hall–Kier alpha value is -1.61. The molecule has 2 N–H and O–H groups in total. The highest BCUT2D eigenvalue weighted by molar-refractivity contribution is 5.91. The highest BCUT2D eigenvalue weighted by Crippen LogP contribution is 2.22. The second-order valence-corrected chi connectivity index (χ2v) is 3.92. The minimum Gasteiger partial charge on any atom is -0.359 e. The molecule has 0 unspecified atom stereocenters. The number of hydrogen-bond donors (Lipinski definition) is 1. The van der Waals surface area contributed by atoms with Crippen LogP contribution in [-0.2, 0) is 0 Å². The van der Waals surface area contributed by atoms with Crippen LogP contribution in [0.2, 0.25) is 0 Å². The van der Waals surface area contributed by atoms with Gasteiger partial charge in [0.1, 0.15) is 5.82 Å². The molecule has 0 atom stereocenters. The van der Waals surface area contributed by atoms with Crippen LogP contribution in [-0.4, -0.2) is 25.1 Å². The van der Waals surface area contributed by atoms with Gasteiger partial charge < -0.3 is 10.6 Å². The fourth-order valence-electron chi connectivity index (χ4n) is 1.84. The quantitative estimate of drug-likeness (QED) is 0.848. The number of rotatable bonds is 4. The van der Waals surface area contributed by atoms with Crippen LogP contribution < -0.4 is 10.6 Å². The van der Waals surface area contributed by atoms with Crippen molar-refractivity contribution in [2.45, 2.75) is 6.42 Å². The molecule has 3 heteroatoms. The Bertz CT molecular complexity index is 462. The zero-order valence-corrected chi connectivity index (χ0v) is 9.56. The third-order valence-electron chi connectivity index (χ3n) is 2.71. The molecule has 0 aliphatic carbocycles. The van der Waals surface area contributed by atoms with Crippen molar-refractivity contribution in [2.75, 3.05) is 25.0 Å². The molecule has 1 heterocycles. The van der Waals surface area contributed by atoms with Gasteiger partial charge in [-0.3, -0.25) is 0 Å². The lowest BCUT2D eigenvalue weighted by molar-refractivity contribution is 0.789. The standard InChI is InChI=1S/C13H17N3/c1-16(10-4-8-14)13-12-6-3-2-5-11(12)7-9-15-13/h2-3,5-7,9H,4,8,10,14H2,1H3. The van der Waals surface area contributed by atoms with Crippen molar-refractivity contribution in [1.82, 2.24) is 4.98 Å². The summed E-state index contributed by atoms with van der Waals surface area (Å²) < 4.78 is 0. The van der Waals surface area contributed by atoms with Gasteiger partial charge in [-0.1, -0.05) is 24.3 Å². The fraction of sp³-hybridized carbons (Fsp3) is 0.308. The summed E-state index contributed by atoms with van der Waals surface area (Å²) in [5.74, 6) is 1.03. The number of anilines is 1. The molecule has 0 spiro atoms. The summed E-state index contributed by atoms with van der Waals surface area (Å²) in [7, 11) is 2.06. The lowest BCUT2D eigenvalue weighted by Gasteiger charge is -2.19. The summed E-state index contributed by atoms with van der Waals surface area (Å²) in [5, 5.41) is 2.43. The molecule has 16 heavy (non-hydrogen) atoms. The summed E-state index contributed by atoms with van der Waals surface area (Å²) in [6, 6.07) is 10.3. The third kappa shape index (κ3) is 2.14. The van der Waals surface area contributed by atoms with Crippen LogP contribution in [0.1, 0.15) is 6.42 Å². The predicted octanol–water partition coefficient (Wildman–Crippen LogP) is 2.02. The molecule has 0 bridgehead atoms. The van der Waals surface area contributed by atoms with E-state index in [9.17, 15) is 0 Å². The number of aromatic nitrogens is 1. The monoisotopic (exact) mass is 215 g/mol. The molecule has 0 radical (unpaired) electrons. The molecule has 2 aromatic rings. The fourth-order valence-corrected chi connectivity index (χ4v) is 1.84. The van der Waals surface area contributed by atoms with Crippen molar-refractivity contribution < 1.29 is 0 Å². The van der Waals surface area contributed by atoms with E-state index in [4.69, 9.17) is 5.73 Å². The number of benzene rings is 1. The van der Waals surface area contributed by atoms with Crippen LogP contribution in [0.25, 0.3) is 10.8 Å². The van der Waals surface area contributed by atoms with E-state index in [0.29, 0.717) is 0 Å². The Morgan fingerprint density at radius 2 is 2.06 bits per heavy atom. The molecule has 3 nitrogen and oxygen atoms in total. The first-order valence-electron chi connectivity index (χ1n) is 5.58. The van der Waals surface area contributed by atoms with Crippen molar-refractivity contribution in [3.8, 4) is 0 Å². The Balaban J connectivity index is 2.36. The van der Waals surface area contributed by atoms with E-state index in [0.717, 1.165) is 25.3 Å². The van der Waals surface area contributed by atoms with E-state index in [1.54, 1.807) is 0 Å². The molecular formula is C13H17N3. The topological polar surface area (TPSA) is 42.1 Å². The van der Waals surface area contributed by atoms with Gasteiger partial charge in [-0.05, 0) is 24.4 Å². The van der Waals surface area contributed by atoms with Crippen LogP contribution in [0.15, 0.2) is 36.5 Å². The van der Waals surface area contributed by atoms with E-state index in [-0.39, 0.29) is 0 Å². The van der Waals surface area contributed by atoms with Gasteiger partial charge in [-0.2, -0.15) is 0 Å². The number of fused-ring (bicyclic) bond motifs is 1. The number of hydrogen-bond acceptors (Lipinski definition) is 3. The van der Waals surface area contributed by atoms with Crippen molar-refractivity contribution in [3.05, 3.63) is 36.5 Å². The highest BCUT2D eigenvalue weighted by atomic mass is 15.2. The van der Waals surface area contributed by atoms with Gasteiger partial charge >= 0.3 is 0 Å². The molecule has 2 rings (SSSR count). The first-order valence-corrected chi connectivity index (χ1v) is 5.58. The summed E-state index contributed by atoms with van der Waals surface area (Å²) in [6.07, 6.45) is 2.85. The zero-order chi connectivity index (χ0) is 11.4. The molecule has 0 saturated carbocycles. The molecule has 0 saturated heterocycles. The average Bonchev–Trinajstić information content (AvgIpc) is 2.35. The molecule has 84 valence electrons. The Morgan fingerprint density at radius 3 is 2.88 bits per heavy atom. The molecule has 0 aliphatic heterocycles. The molecule has 1 aromatic carbocycles. The predicted molar refractivity (Wildman–Crippen MR) is 68.7 cm³/mol. The lowest BCUT2D eigenvalue weighted by atomic mass is 10.1. The van der Waals surface area contributed by atoms with E-state index in [1.807, 2.05) is 24.4 Å². The maximum absolute atomic E-state index is 5.52. The van der Waals surface area contributed by atoms with Crippen LogP contribution in [0.5, 0.6) is 0 Å². The van der Waals surface area contributed by atoms with E-state index in [2.05, 4.69) is 29.1 Å². The van der Waals surface area contributed by atoms with Gasteiger partial charge in [0, 0.05) is 25.2 Å². The van der Waals surface area contributed by atoms with Crippen molar-refractivity contribution in [1.29, 1.82) is 0 Å². The molecule has 0 aliphatic rings. The normalized spacial score (nSPS) is 10.6. The van der Waals surface area contributed by atoms with Crippen LogP contribution in [0.3, 0.4) is 0 Å². The zero-order valence-electron chi connectivity index (χ0n) is 9.56. The van der Waals surface area contributed by atoms with Gasteiger partial charge in [-0.25, -0.2) is 4.98 Å². The Morgan fingerprint density at radius 1 is 1.25 bits per heavy atom. The van der Waals surface area contributed by atoms with Gasteiger partial charge in [0.15, 0.2) is 0 Å². The first-order chi connectivity index (χ1) is 7.83. The Kier molecular flexibility index (Phi) is 3.37. The summed E-state index contributed by atoms with van der Waals surface area (Å²) >= 11 is 0. The first kappa shape index (κ1) is 10.9. The number of nitrogens with zero attached hydrogens (tertiary/aromatic N) is 2. The maximum Gasteiger partial charge on any atom is 0.136 e. The SMILES string of the molecule is CN(CCCN)c1nccc2ccccc12. The van der Waals surface area contributed by atoms with Gasteiger partial charge in [0.05, 0.1) is 0 Å². The van der Waals surface area contributed by atoms with E-state index >= 15 is 0 Å². The highest BCUT2D eigenvalue weighted by Gasteiger charge is 2.05. The molecule has 1 aromatic heterocycles. The summed E-state index contributed by atoms with van der Waals surface area (Å²) in [6.45, 7) is 1.66. The second kappa shape index (κ2) is 4.94.